The smallest absolute Gasteiger partial charge is 0.274 e. The van der Waals surface area contributed by atoms with E-state index in [2.05, 4.69) is 16.9 Å². The van der Waals surface area contributed by atoms with E-state index in [1.807, 2.05) is 23.7 Å². The maximum absolute atomic E-state index is 12.2. The zero-order chi connectivity index (χ0) is 13.0. The van der Waals surface area contributed by atoms with Gasteiger partial charge in [0, 0.05) is 30.7 Å². The number of aromatic nitrogens is 2. The molecule has 0 aliphatic heterocycles. The normalized spacial score (nSPS) is 23.0. The largest absolute Gasteiger partial charge is 0.337 e. The molecule has 1 amide bonds. The van der Waals surface area contributed by atoms with Crippen molar-refractivity contribution in [3.63, 3.8) is 0 Å². The third kappa shape index (κ3) is 3.02. The predicted molar refractivity (Wildman–Crippen MR) is 73.7 cm³/mol. The minimum absolute atomic E-state index is 0.0183. The van der Waals surface area contributed by atoms with Crippen LogP contribution in [-0.4, -0.2) is 44.9 Å². The molecule has 0 bridgehead atoms. The molecule has 0 saturated heterocycles. The van der Waals surface area contributed by atoms with Crippen LogP contribution in [-0.2, 0) is 0 Å². The van der Waals surface area contributed by atoms with E-state index in [1.165, 1.54) is 12.6 Å². The van der Waals surface area contributed by atoms with Gasteiger partial charge < -0.3 is 4.90 Å². The molecular weight excluding hydrogens is 246 g/mol. The average Bonchev–Trinajstić information content (AvgIpc) is 2.87. The van der Waals surface area contributed by atoms with Gasteiger partial charge in [-0.1, -0.05) is 6.92 Å². The van der Waals surface area contributed by atoms with Gasteiger partial charge in [0.2, 0.25) is 0 Å². The van der Waals surface area contributed by atoms with Crippen molar-refractivity contribution in [2.45, 2.75) is 37.5 Å². The molecule has 1 saturated carbocycles. The van der Waals surface area contributed by atoms with Gasteiger partial charge in [-0.3, -0.25) is 9.78 Å². The summed E-state index contributed by atoms with van der Waals surface area (Å²) in [6, 6.07) is 0.351. The molecule has 0 unspecified atom stereocenters. The van der Waals surface area contributed by atoms with Gasteiger partial charge in [-0.25, -0.2) is 4.98 Å². The van der Waals surface area contributed by atoms with Crippen LogP contribution in [0.15, 0.2) is 18.6 Å². The molecule has 0 aromatic carbocycles. The van der Waals surface area contributed by atoms with Gasteiger partial charge in [0.05, 0.1) is 6.20 Å². The number of nitrogens with zero attached hydrogens (tertiary/aromatic N) is 3. The number of hydrogen-bond donors (Lipinski definition) is 0. The van der Waals surface area contributed by atoms with Gasteiger partial charge in [0.15, 0.2) is 0 Å². The second-order valence-corrected chi connectivity index (χ2v) is 6.13. The molecule has 98 valence electrons. The Morgan fingerprint density at radius 2 is 2.33 bits per heavy atom. The lowest BCUT2D eigenvalue weighted by molar-refractivity contribution is 0.0729. The van der Waals surface area contributed by atoms with Crippen molar-refractivity contribution in [2.24, 2.45) is 0 Å². The van der Waals surface area contributed by atoms with Gasteiger partial charge in [-0.05, 0) is 25.0 Å². The summed E-state index contributed by atoms with van der Waals surface area (Å²) in [5.41, 5.74) is 0.437. The highest BCUT2D eigenvalue weighted by atomic mass is 32.2. The zero-order valence-corrected chi connectivity index (χ0v) is 11.7. The Kier molecular flexibility index (Phi) is 4.58. The maximum atomic E-state index is 12.2. The van der Waals surface area contributed by atoms with E-state index in [0.29, 0.717) is 17.0 Å². The average molecular weight is 265 g/mol. The summed E-state index contributed by atoms with van der Waals surface area (Å²) in [5, 5.41) is 0.706. The first kappa shape index (κ1) is 13.3. The quantitative estimate of drug-likeness (QED) is 0.837. The lowest BCUT2D eigenvalue weighted by Gasteiger charge is -2.24. The fourth-order valence-corrected chi connectivity index (χ4v) is 3.54. The van der Waals surface area contributed by atoms with E-state index in [4.69, 9.17) is 0 Å². The summed E-state index contributed by atoms with van der Waals surface area (Å²) in [7, 11) is 1.88. The third-order valence-electron chi connectivity index (χ3n) is 3.41. The van der Waals surface area contributed by atoms with Gasteiger partial charge >= 0.3 is 0 Å². The predicted octanol–water partition coefficient (Wildman–Crippen LogP) is 2.22. The second kappa shape index (κ2) is 6.18. The minimum atomic E-state index is -0.0183. The van der Waals surface area contributed by atoms with E-state index < -0.39 is 0 Å². The lowest BCUT2D eigenvalue weighted by atomic mass is 10.2. The van der Waals surface area contributed by atoms with Crippen molar-refractivity contribution in [3.8, 4) is 0 Å². The Balaban J connectivity index is 1.96. The summed E-state index contributed by atoms with van der Waals surface area (Å²) >= 11 is 2.00. The number of rotatable bonds is 4. The minimum Gasteiger partial charge on any atom is -0.337 e. The molecule has 1 aromatic heterocycles. The zero-order valence-electron chi connectivity index (χ0n) is 10.9. The number of thioether (sulfide) groups is 1. The molecule has 0 N–H and O–H groups in total. The number of amides is 1. The topological polar surface area (TPSA) is 46.1 Å². The molecule has 0 spiro atoms. The highest BCUT2D eigenvalue weighted by Gasteiger charge is 2.30. The van der Waals surface area contributed by atoms with E-state index in [9.17, 15) is 4.79 Å². The van der Waals surface area contributed by atoms with E-state index in [0.717, 1.165) is 18.6 Å². The Morgan fingerprint density at radius 1 is 1.50 bits per heavy atom. The highest BCUT2D eigenvalue weighted by molar-refractivity contribution is 7.99. The molecule has 1 fully saturated rings. The SMILES string of the molecule is CCS[C@H]1CC[C@H](N(C)C(=O)c2cnccn2)C1. The van der Waals surface area contributed by atoms with Crippen LogP contribution in [0.1, 0.15) is 36.7 Å². The van der Waals surface area contributed by atoms with Crippen molar-refractivity contribution in [1.29, 1.82) is 0 Å². The molecule has 1 aliphatic rings. The highest BCUT2D eigenvalue weighted by Crippen LogP contribution is 2.32. The van der Waals surface area contributed by atoms with Crippen molar-refractivity contribution in [2.75, 3.05) is 12.8 Å². The lowest BCUT2D eigenvalue weighted by Crippen LogP contribution is -2.36. The number of carbonyl (C=O) groups is 1. The molecule has 5 heteroatoms. The number of carbonyl (C=O) groups excluding carboxylic acids is 1. The first-order chi connectivity index (χ1) is 8.72. The fourth-order valence-electron chi connectivity index (χ4n) is 2.41. The van der Waals surface area contributed by atoms with E-state index in [-0.39, 0.29) is 5.91 Å². The molecule has 1 heterocycles. The van der Waals surface area contributed by atoms with Crippen LogP contribution >= 0.6 is 11.8 Å². The second-order valence-electron chi connectivity index (χ2n) is 4.55. The van der Waals surface area contributed by atoms with Crippen LogP contribution in [0, 0.1) is 0 Å². The van der Waals surface area contributed by atoms with Crippen molar-refractivity contribution in [3.05, 3.63) is 24.3 Å². The maximum Gasteiger partial charge on any atom is 0.274 e. The summed E-state index contributed by atoms with van der Waals surface area (Å²) < 4.78 is 0. The van der Waals surface area contributed by atoms with Crippen LogP contribution < -0.4 is 0 Å². The molecule has 2 atom stereocenters. The van der Waals surface area contributed by atoms with Crippen LogP contribution in [0.3, 0.4) is 0 Å². The molecule has 18 heavy (non-hydrogen) atoms. The van der Waals surface area contributed by atoms with E-state index in [1.54, 1.807) is 12.4 Å². The first-order valence-corrected chi connectivity index (χ1v) is 7.42. The van der Waals surface area contributed by atoms with Crippen LogP contribution in [0.25, 0.3) is 0 Å². The van der Waals surface area contributed by atoms with Gasteiger partial charge in [0.25, 0.3) is 5.91 Å². The Labute approximate surface area is 112 Å². The molecule has 1 aliphatic carbocycles. The summed E-state index contributed by atoms with van der Waals surface area (Å²) in [6.07, 6.45) is 8.08. The molecule has 2 rings (SSSR count). The molecule has 0 radical (unpaired) electrons. The van der Waals surface area contributed by atoms with Gasteiger partial charge in [-0.2, -0.15) is 11.8 Å². The van der Waals surface area contributed by atoms with Gasteiger partial charge in [-0.15, -0.1) is 0 Å². The van der Waals surface area contributed by atoms with E-state index >= 15 is 0 Å². The summed E-state index contributed by atoms with van der Waals surface area (Å²) in [4.78, 5) is 22.1. The monoisotopic (exact) mass is 265 g/mol. The van der Waals surface area contributed by atoms with Crippen molar-refractivity contribution in [1.82, 2.24) is 14.9 Å². The first-order valence-electron chi connectivity index (χ1n) is 6.37. The molecule has 4 nitrogen and oxygen atoms in total. The Morgan fingerprint density at radius 3 is 3.00 bits per heavy atom. The van der Waals surface area contributed by atoms with Crippen LogP contribution in [0.4, 0.5) is 0 Å². The standard InChI is InChI=1S/C13H19N3OS/c1-3-18-11-5-4-10(8-11)16(2)13(17)12-9-14-6-7-15-12/h6-7,9-11H,3-5,8H2,1-2H3/t10-,11-/m0/s1. The molecule has 1 aromatic rings. The van der Waals surface area contributed by atoms with Crippen LogP contribution in [0.5, 0.6) is 0 Å². The molecular formula is C13H19N3OS. The number of hydrogen-bond acceptors (Lipinski definition) is 4. The Hall–Kier alpha value is -1.10. The Bertz CT molecular complexity index is 398. The van der Waals surface area contributed by atoms with Crippen molar-refractivity contribution >= 4 is 17.7 Å². The summed E-state index contributed by atoms with van der Waals surface area (Å²) in [5.74, 6) is 1.13. The third-order valence-corrected chi connectivity index (χ3v) is 4.64. The fraction of sp³-hybridized carbons (Fsp3) is 0.615. The summed E-state index contributed by atoms with van der Waals surface area (Å²) in [6.45, 7) is 2.19. The van der Waals surface area contributed by atoms with Gasteiger partial charge in [0.1, 0.15) is 5.69 Å². The van der Waals surface area contributed by atoms with Crippen molar-refractivity contribution < 1.29 is 4.79 Å². The van der Waals surface area contributed by atoms with Crippen LogP contribution in [0.2, 0.25) is 0 Å².